The topological polar surface area (TPSA) is 142 Å². The zero-order chi connectivity index (χ0) is 18.4. The molecule has 0 bridgehead atoms. The third kappa shape index (κ3) is 4.78. The number of hydrogen-bond acceptors (Lipinski definition) is 6. The van der Waals surface area contributed by atoms with E-state index in [1.807, 2.05) is 6.07 Å². The molecule has 0 aliphatic carbocycles. The number of nitrogens with one attached hydrogen (secondary N) is 1. The quantitative estimate of drug-likeness (QED) is 0.355. The number of nitrogens with two attached hydrogens (primary N) is 1. The van der Waals surface area contributed by atoms with Crippen LogP contribution in [-0.2, 0) is 9.59 Å². The molecule has 9 nitrogen and oxygen atoms in total. The van der Waals surface area contributed by atoms with Crippen LogP contribution in [0.1, 0.15) is 12.8 Å². The number of hydrogen-bond donors (Lipinski definition) is 2. The summed E-state index contributed by atoms with van der Waals surface area (Å²) in [6, 6.07) is 7.15. The molecule has 0 radical (unpaired) electrons. The molecule has 3 N–H and O–H groups in total. The third-order valence-corrected chi connectivity index (χ3v) is 3.94. The first-order chi connectivity index (χ1) is 11.9. The molecule has 1 saturated heterocycles. The largest absolute Gasteiger partial charge is 0.376 e. The second kappa shape index (κ2) is 7.92. The maximum Gasteiger partial charge on any atom is 0.269 e. The lowest BCUT2D eigenvalue weighted by atomic mass is 9.96. The van der Waals surface area contributed by atoms with Crippen molar-refractivity contribution < 1.29 is 14.5 Å². The van der Waals surface area contributed by atoms with Gasteiger partial charge < -0.3 is 16.0 Å². The van der Waals surface area contributed by atoms with E-state index in [0.29, 0.717) is 31.6 Å². The zero-order valence-electron chi connectivity index (χ0n) is 13.3. The number of primary amides is 1. The fraction of sp³-hybridized carbons (Fsp3) is 0.312. The van der Waals surface area contributed by atoms with Gasteiger partial charge in [-0.3, -0.25) is 19.7 Å². The number of carbonyl (C=O) groups excluding carboxylic acids is 2. The van der Waals surface area contributed by atoms with Crippen LogP contribution in [-0.4, -0.2) is 34.7 Å². The first kappa shape index (κ1) is 17.9. The maximum atomic E-state index is 12.2. The summed E-state index contributed by atoms with van der Waals surface area (Å²) in [4.78, 5) is 35.2. The van der Waals surface area contributed by atoms with Crippen LogP contribution in [0.25, 0.3) is 0 Å². The fourth-order valence-corrected chi connectivity index (χ4v) is 2.50. The van der Waals surface area contributed by atoms with Gasteiger partial charge in [0.25, 0.3) is 11.6 Å². The Morgan fingerprint density at radius 3 is 2.40 bits per heavy atom. The Hall–Kier alpha value is -3.41. The van der Waals surface area contributed by atoms with Crippen LogP contribution in [0.3, 0.4) is 0 Å². The van der Waals surface area contributed by atoms with Gasteiger partial charge in [0, 0.05) is 43.0 Å². The molecular formula is C16H17N5O4. The average Bonchev–Trinajstić information content (AvgIpc) is 2.60. The van der Waals surface area contributed by atoms with Gasteiger partial charge in [-0.05, 0) is 25.0 Å². The highest BCUT2D eigenvalue weighted by molar-refractivity contribution is 6.06. The van der Waals surface area contributed by atoms with Crippen LogP contribution in [0.5, 0.6) is 0 Å². The Morgan fingerprint density at radius 1 is 1.32 bits per heavy atom. The molecule has 1 fully saturated rings. The lowest BCUT2D eigenvalue weighted by molar-refractivity contribution is -0.384. The Morgan fingerprint density at radius 2 is 1.92 bits per heavy atom. The van der Waals surface area contributed by atoms with Crippen LogP contribution in [0.4, 0.5) is 11.4 Å². The molecule has 0 saturated carbocycles. The van der Waals surface area contributed by atoms with Gasteiger partial charge in [-0.25, -0.2) is 0 Å². The summed E-state index contributed by atoms with van der Waals surface area (Å²) in [5, 5.41) is 22.3. The zero-order valence-corrected chi connectivity index (χ0v) is 13.3. The lowest BCUT2D eigenvalue weighted by Gasteiger charge is -2.29. The number of anilines is 1. The second-order valence-corrected chi connectivity index (χ2v) is 5.63. The molecule has 0 atom stereocenters. The molecule has 1 aromatic rings. The number of nitro benzene ring substituents is 1. The van der Waals surface area contributed by atoms with Gasteiger partial charge in [0.1, 0.15) is 11.6 Å². The first-order valence-corrected chi connectivity index (χ1v) is 7.62. The number of benzene rings is 1. The van der Waals surface area contributed by atoms with Gasteiger partial charge in [-0.2, -0.15) is 5.26 Å². The highest BCUT2D eigenvalue weighted by Gasteiger charge is 2.22. The molecule has 0 unspecified atom stereocenters. The molecular weight excluding hydrogens is 326 g/mol. The van der Waals surface area contributed by atoms with Crippen molar-refractivity contribution >= 4 is 23.2 Å². The number of carbonyl (C=O) groups is 2. The summed E-state index contributed by atoms with van der Waals surface area (Å²) in [6.07, 6.45) is 2.61. The minimum atomic E-state index is -0.603. The SMILES string of the molecule is N#C/C(=C/N1CCC(C(N)=O)CC1)C(=O)Nc1ccc([N+](=O)[O-])cc1. The van der Waals surface area contributed by atoms with Crippen LogP contribution in [0.2, 0.25) is 0 Å². The number of nitriles is 1. The molecule has 1 aliphatic rings. The number of amides is 2. The number of nitrogens with zero attached hydrogens (tertiary/aromatic N) is 3. The van der Waals surface area contributed by atoms with Crippen LogP contribution < -0.4 is 11.1 Å². The van der Waals surface area contributed by atoms with E-state index in [-0.39, 0.29) is 23.1 Å². The maximum absolute atomic E-state index is 12.2. The molecule has 1 aromatic carbocycles. The van der Waals surface area contributed by atoms with Crippen LogP contribution in [0, 0.1) is 27.4 Å². The van der Waals surface area contributed by atoms with Gasteiger partial charge >= 0.3 is 0 Å². The predicted octanol–water partition coefficient (Wildman–Crippen LogP) is 1.14. The van der Waals surface area contributed by atoms with Crippen LogP contribution >= 0.6 is 0 Å². The fourth-order valence-electron chi connectivity index (χ4n) is 2.50. The van der Waals surface area contributed by atoms with Crippen molar-refractivity contribution in [2.24, 2.45) is 11.7 Å². The Bertz CT molecular complexity index is 743. The second-order valence-electron chi connectivity index (χ2n) is 5.63. The Kier molecular flexibility index (Phi) is 5.68. The van der Waals surface area contributed by atoms with E-state index in [9.17, 15) is 25.0 Å². The summed E-state index contributed by atoms with van der Waals surface area (Å²) >= 11 is 0. The minimum Gasteiger partial charge on any atom is -0.376 e. The van der Waals surface area contributed by atoms with Gasteiger partial charge in [0.05, 0.1) is 4.92 Å². The van der Waals surface area contributed by atoms with E-state index >= 15 is 0 Å². The normalized spacial score (nSPS) is 15.3. The van der Waals surface area contributed by atoms with Crippen molar-refractivity contribution in [3.8, 4) is 6.07 Å². The number of likely N-dealkylation sites (tertiary alicyclic amines) is 1. The number of piperidine rings is 1. The van der Waals surface area contributed by atoms with Gasteiger partial charge in [0.2, 0.25) is 5.91 Å². The van der Waals surface area contributed by atoms with Gasteiger partial charge in [-0.1, -0.05) is 0 Å². The molecule has 0 spiro atoms. The van der Waals surface area contributed by atoms with E-state index in [0.717, 1.165) is 0 Å². The van der Waals surface area contributed by atoms with Crippen molar-refractivity contribution in [1.29, 1.82) is 5.26 Å². The first-order valence-electron chi connectivity index (χ1n) is 7.62. The Balaban J connectivity index is 2.00. The summed E-state index contributed by atoms with van der Waals surface area (Å²) < 4.78 is 0. The van der Waals surface area contributed by atoms with Crippen molar-refractivity contribution in [1.82, 2.24) is 4.90 Å². The summed E-state index contributed by atoms with van der Waals surface area (Å²) in [7, 11) is 0. The molecule has 1 heterocycles. The van der Waals surface area contributed by atoms with Gasteiger partial charge in [0.15, 0.2) is 0 Å². The van der Waals surface area contributed by atoms with Crippen molar-refractivity contribution in [2.75, 3.05) is 18.4 Å². The summed E-state index contributed by atoms with van der Waals surface area (Å²) in [5.74, 6) is -1.11. The van der Waals surface area contributed by atoms with Crippen molar-refractivity contribution in [3.63, 3.8) is 0 Å². The van der Waals surface area contributed by atoms with Gasteiger partial charge in [-0.15, -0.1) is 0 Å². The predicted molar refractivity (Wildman–Crippen MR) is 88.9 cm³/mol. The van der Waals surface area contributed by atoms with Crippen LogP contribution in [0.15, 0.2) is 36.0 Å². The highest BCUT2D eigenvalue weighted by atomic mass is 16.6. The van der Waals surface area contributed by atoms with E-state index < -0.39 is 10.8 Å². The van der Waals surface area contributed by atoms with E-state index in [1.165, 1.54) is 30.5 Å². The average molecular weight is 343 g/mol. The third-order valence-electron chi connectivity index (χ3n) is 3.94. The molecule has 2 amide bonds. The molecule has 2 rings (SSSR count). The van der Waals surface area contributed by atoms with Crippen molar-refractivity contribution in [2.45, 2.75) is 12.8 Å². The standard InChI is InChI=1S/C16H17N5O4/c17-9-12(10-20-7-5-11(6-8-20)15(18)22)16(23)19-13-1-3-14(4-2-13)21(24)25/h1-4,10-11H,5-8H2,(H2,18,22)(H,19,23)/b12-10-. The molecule has 0 aromatic heterocycles. The summed E-state index contributed by atoms with van der Waals surface area (Å²) in [6.45, 7) is 1.06. The molecule has 9 heteroatoms. The molecule has 25 heavy (non-hydrogen) atoms. The number of non-ortho nitro benzene ring substituents is 1. The van der Waals surface area contributed by atoms with Crippen molar-refractivity contribution in [3.05, 3.63) is 46.2 Å². The minimum absolute atomic E-state index is 0.0872. The molecule has 130 valence electrons. The van der Waals surface area contributed by atoms with E-state index in [2.05, 4.69) is 5.32 Å². The summed E-state index contributed by atoms with van der Waals surface area (Å²) in [5.41, 5.74) is 5.44. The lowest BCUT2D eigenvalue weighted by Crippen LogP contribution is -2.36. The number of nitro groups is 1. The molecule has 1 aliphatic heterocycles. The van der Waals surface area contributed by atoms with E-state index in [4.69, 9.17) is 5.73 Å². The smallest absolute Gasteiger partial charge is 0.269 e. The monoisotopic (exact) mass is 343 g/mol. The Labute approximate surface area is 143 Å². The highest BCUT2D eigenvalue weighted by Crippen LogP contribution is 2.19. The number of rotatable bonds is 5. The van der Waals surface area contributed by atoms with E-state index in [1.54, 1.807) is 4.90 Å².